The summed E-state index contributed by atoms with van der Waals surface area (Å²) in [7, 11) is 0. The smallest absolute Gasteiger partial charge is 0.308 e. The minimum absolute atomic E-state index is 0.359. The van der Waals surface area contributed by atoms with Crippen molar-refractivity contribution >= 4 is 12.3 Å². The Morgan fingerprint density at radius 2 is 1.77 bits per heavy atom. The Morgan fingerprint density at radius 3 is 2.41 bits per heavy atom. The zero-order valence-corrected chi connectivity index (χ0v) is 13.6. The van der Waals surface area contributed by atoms with Crippen molar-refractivity contribution in [2.45, 2.75) is 58.8 Å². The number of rotatable bonds is 11. The van der Waals surface area contributed by atoms with Crippen molar-refractivity contribution < 1.29 is 19.1 Å². The summed E-state index contributed by atoms with van der Waals surface area (Å²) in [6.07, 6.45) is 9.24. The average molecular weight is 306 g/mol. The molecule has 0 aliphatic rings. The fourth-order valence-electron chi connectivity index (χ4n) is 2.22. The van der Waals surface area contributed by atoms with Crippen LogP contribution < -0.4 is 9.47 Å². The third-order valence-corrected chi connectivity index (χ3v) is 3.38. The second-order valence-corrected chi connectivity index (χ2v) is 5.38. The molecule has 0 aliphatic heterocycles. The molecule has 122 valence electrons. The van der Waals surface area contributed by atoms with E-state index in [1.807, 2.05) is 0 Å². The number of benzene rings is 1. The third-order valence-electron chi connectivity index (χ3n) is 3.38. The van der Waals surface area contributed by atoms with E-state index in [0.29, 0.717) is 30.0 Å². The maximum Gasteiger partial charge on any atom is 0.308 e. The predicted octanol–water partition coefficient (Wildman–Crippen LogP) is 4.55. The van der Waals surface area contributed by atoms with Crippen LogP contribution in [-0.2, 0) is 4.79 Å². The van der Waals surface area contributed by atoms with Gasteiger partial charge in [0.2, 0.25) is 0 Å². The molecule has 0 N–H and O–H groups in total. The van der Waals surface area contributed by atoms with Gasteiger partial charge in [0, 0.05) is 6.92 Å². The topological polar surface area (TPSA) is 52.6 Å². The van der Waals surface area contributed by atoms with Crippen LogP contribution in [0, 0.1) is 0 Å². The lowest BCUT2D eigenvalue weighted by molar-refractivity contribution is -0.131. The Labute approximate surface area is 132 Å². The quantitative estimate of drug-likeness (QED) is 0.260. The first-order valence-electron chi connectivity index (χ1n) is 8.07. The molecule has 4 heteroatoms. The predicted molar refractivity (Wildman–Crippen MR) is 86.6 cm³/mol. The molecule has 0 unspecified atom stereocenters. The lowest BCUT2D eigenvalue weighted by Gasteiger charge is -2.10. The van der Waals surface area contributed by atoms with E-state index in [2.05, 4.69) is 6.92 Å². The zero-order valence-electron chi connectivity index (χ0n) is 13.6. The van der Waals surface area contributed by atoms with Gasteiger partial charge in [0.25, 0.3) is 0 Å². The number of ether oxygens (including phenoxy) is 2. The van der Waals surface area contributed by atoms with Crippen LogP contribution in [0.3, 0.4) is 0 Å². The van der Waals surface area contributed by atoms with Crippen molar-refractivity contribution in [2.24, 2.45) is 0 Å². The van der Waals surface area contributed by atoms with Crippen LogP contribution in [0.5, 0.6) is 11.5 Å². The summed E-state index contributed by atoms with van der Waals surface area (Å²) in [4.78, 5) is 22.0. The molecule has 0 fully saturated rings. The van der Waals surface area contributed by atoms with Crippen LogP contribution in [0.15, 0.2) is 18.2 Å². The highest BCUT2D eigenvalue weighted by Crippen LogP contribution is 2.23. The molecular formula is C18H26O4. The number of hydrogen-bond donors (Lipinski definition) is 0. The Kier molecular flexibility index (Phi) is 8.96. The van der Waals surface area contributed by atoms with Gasteiger partial charge in [0.15, 0.2) is 6.29 Å². The van der Waals surface area contributed by atoms with Crippen LogP contribution >= 0.6 is 0 Å². The molecule has 0 saturated heterocycles. The van der Waals surface area contributed by atoms with E-state index >= 15 is 0 Å². The van der Waals surface area contributed by atoms with Crippen molar-refractivity contribution in [1.29, 1.82) is 0 Å². The van der Waals surface area contributed by atoms with Gasteiger partial charge in [0.05, 0.1) is 12.2 Å². The first-order valence-corrected chi connectivity index (χ1v) is 8.07. The van der Waals surface area contributed by atoms with Crippen LogP contribution in [0.1, 0.15) is 69.2 Å². The summed E-state index contributed by atoms with van der Waals surface area (Å²) in [5, 5.41) is 0. The first-order chi connectivity index (χ1) is 10.7. The van der Waals surface area contributed by atoms with Crippen LogP contribution in [0.25, 0.3) is 0 Å². The van der Waals surface area contributed by atoms with E-state index in [-0.39, 0.29) is 0 Å². The van der Waals surface area contributed by atoms with Crippen LogP contribution in [-0.4, -0.2) is 18.9 Å². The molecule has 1 aromatic carbocycles. The van der Waals surface area contributed by atoms with Gasteiger partial charge in [-0.3, -0.25) is 9.59 Å². The molecule has 0 aliphatic carbocycles. The Balaban J connectivity index is 2.33. The Bertz CT molecular complexity index is 468. The van der Waals surface area contributed by atoms with Gasteiger partial charge in [-0.2, -0.15) is 0 Å². The number of hydrogen-bond acceptors (Lipinski definition) is 4. The highest BCUT2D eigenvalue weighted by molar-refractivity contribution is 5.80. The molecule has 0 bridgehead atoms. The summed E-state index contributed by atoms with van der Waals surface area (Å²) < 4.78 is 10.6. The van der Waals surface area contributed by atoms with Gasteiger partial charge in [-0.15, -0.1) is 0 Å². The van der Waals surface area contributed by atoms with E-state index in [4.69, 9.17) is 9.47 Å². The summed E-state index contributed by atoms with van der Waals surface area (Å²) in [6.45, 7) is 4.14. The van der Waals surface area contributed by atoms with Gasteiger partial charge >= 0.3 is 5.97 Å². The molecule has 0 aromatic heterocycles. The van der Waals surface area contributed by atoms with Gasteiger partial charge in [-0.25, -0.2) is 0 Å². The fraction of sp³-hybridized carbons (Fsp3) is 0.556. The number of aldehydes is 1. The standard InChI is InChI=1S/C18H26O4/c1-3-4-5-6-7-8-9-12-21-18-11-10-17(22-15(2)20)13-16(18)14-19/h10-11,13-14H,3-9,12H2,1-2H3. The van der Waals surface area contributed by atoms with Crippen molar-refractivity contribution in [2.75, 3.05) is 6.61 Å². The molecule has 0 radical (unpaired) electrons. The maximum absolute atomic E-state index is 11.1. The molecule has 0 spiro atoms. The average Bonchev–Trinajstić information content (AvgIpc) is 2.50. The monoisotopic (exact) mass is 306 g/mol. The first kappa shape index (κ1) is 18.2. The normalized spacial score (nSPS) is 10.3. The second kappa shape index (κ2) is 10.8. The largest absolute Gasteiger partial charge is 0.493 e. The molecule has 22 heavy (non-hydrogen) atoms. The minimum Gasteiger partial charge on any atom is -0.493 e. The lowest BCUT2D eigenvalue weighted by Crippen LogP contribution is -2.03. The highest BCUT2D eigenvalue weighted by Gasteiger charge is 2.06. The van der Waals surface area contributed by atoms with Crippen molar-refractivity contribution in [1.82, 2.24) is 0 Å². The molecule has 0 atom stereocenters. The molecule has 0 amide bonds. The summed E-state index contributed by atoms with van der Waals surface area (Å²) in [5.41, 5.74) is 0.404. The second-order valence-electron chi connectivity index (χ2n) is 5.38. The van der Waals surface area contributed by atoms with Crippen molar-refractivity contribution in [3.8, 4) is 11.5 Å². The van der Waals surface area contributed by atoms with E-state index in [9.17, 15) is 9.59 Å². The number of carbonyl (C=O) groups is 2. The minimum atomic E-state index is -0.409. The van der Waals surface area contributed by atoms with Crippen LogP contribution in [0.2, 0.25) is 0 Å². The highest BCUT2D eigenvalue weighted by atomic mass is 16.5. The summed E-state index contributed by atoms with van der Waals surface area (Å²) in [6, 6.07) is 4.83. The van der Waals surface area contributed by atoms with E-state index < -0.39 is 5.97 Å². The van der Waals surface area contributed by atoms with Gasteiger partial charge in [-0.05, 0) is 24.6 Å². The van der Waals surface area contributed by atoms with Gasteiger partial charge < -0.3 is 9.47 Å². The van der Waals surface area contributed by atoms with E-state index in [0.717, 1.165) is 12.8 Å². The maximum atomic E-state index is 11.1. The molecule has 4 nitrogen and oxygen atoms in total. The summed E-state index contributed by atoms with van der Waals surface area (Å²) in [5.74, 6) is 0.489. The third kappa shape index (κ3) is 7.25. The van der Waals surface area contributed by atoms with Crippen molar-refractivity contribution in [3.63, 3.8) is 0 Å². The lowest BCUT2D eigenvalue weighted by atomic mass is 10.1. The van der Waals surface area contributed by atoms with Gasteiger partial charge in [0.1, 0.15) is 11.5 Å². The van der Waals surface area contributed by atoms with Crippen LogP contribution in [0.4, 0.5) is 0 Å². The number of unbranched alkanes of at least 4 members (excludes halogenated alkanes) is 6. The number of carbonyl (C=O) groups excluding carboxylic acids is 2. The van der Waals surface area contributed by atoms with E-state index in [1.54, 1.807) is 12.1 Å². The summed E-state index contributed by atoms with van der Waals surface area (Å²) >= 11 is 0. The fourth-order valence-corrected chi connectivity index (χ4v) is 2.22. The SMILES string of the molecule is CCCCCCCCCOc1ccc(OC(C)=O)cc1C=O. The Hall–Kier alpha value is -1.84. The van der Waals surface area contributed by atoms with Gasteiger partial charge in [-0.1, -0.05) is 45.4 Å². The molecule has 1 rings (SSSR count). The molecule has 1 aromatic rings. The zero-order chi connectivity index (χ0) is 16.2. The molecule has 0 saturated carbocycles. The molecule has 0 heterocycles. The van der Waals surface area contributed by atoms with E-state index in [1.165, 1.54) is 45.1 Å². The number of esters is 1. The molecular weight excluding hydrogens is 280 g/mol. The Morgan fingerprint density at radius 1 is 1.09 bits per heavy atom. The van der Waals surface area contributed by atoms with Crippen molar-refractivity contribution in [3.05, 3.63) is 23.8 Å².